The van der Waals surface area contributed by atoms with Crippen molar-refractivity contribution in [2.45, 2.75) is 18.1 Å². The second-order valence-electron chi connectivity index (χ2n) is 4.20. The normalized spacial score (nSPS) is 17.7. The molecule has 0 atom stereocenters. The van der Waals surface area contributed by atoms with Crippen molar-refractivity contribution in [3.8, 4) is 0 Å². The Morgan fingerprint density at radius 3 is 2.56 bits per heavy atom. The first-order valence-corrected chi connectivity index (χ1v) is 7.22. The van der Waals surface area contributed by atoms with Crippen molar-refractivity contribution in [2.24, 2.45) is 0 Å². The summed E-state index contributed by atoms with van der Waals surface area (Å²) in [5, 5.41) is 2.48. The Bertz CT molecular complexity index is 528. The summed E-state index contributed by atoms with van der Waals surface area (Å²) in [5.41, 5.74) is -0.339. The van der Waals surface area contributed by atoms with E-state index in [0.717, 1.165) is 6.07 Å². The fourth-order valence-corrected chi connectivity index (χ4v) is 3.41. The van der Waals surface area contributed by atoms with Crippen molar-refractivity contribution in [3.63, 3.8) is 0 Å². The molecular weight excluding hydrogens is 262 g/mol. The number of hydrogen-bond donors (Lipinski definition) is 2. The van der Waals surface area contributed by atoms with E-state index in [1.165, 1.54) is 12.1 Å². The van der Waals surface area contributed by atoms with Crippen LogP contribution < -0.4 is 10.0 Å². The van der Waals surface area contributed by atoms with Gasteiger partial charge in [0.1, 0.15) is 0 Å². The SMILES string of the molecule is O=S(=O)(Nc1cccc(F)c1F)C1CCNCC1. The third-order valence-corrected chi connectivity index (χ3v) is 4.78. The number of rotatable bonds is 3. The van der Waals surface area contributed by atoms with Gasteiger partial charge in [-0.15, -0.1) is 0 Å². The maximum absolute atomic E-state index is 13.4. The summed E-state index contributed by atoms with van der Waals surface area (Å²) in [6.45, 7) is 1.22. The fourth-order valence-electron chi connectivity index (χ4n) is 1.92. The van der Waals surface area contributed by atoms with Gasteiger partial charge in [-0.25, -0.2) is 17.2 Å². The molecule has 1 aromatic rings. The first-order chi connectivity index (χ1) is 8.50. The molecule has 18 heavy (non-hydrogen) atoms. The number of nitrogens with one attached hydrogen (secondary N) is 2. The van der Waals surface area contributed by atoms with Gasteiger partial charge in [0.2, 0.25) is 10.0 Å². The first kappa shape index (κ1) is 13.2. The molecule has 2 rings (SSSR count). The lowest BCUT2D eigenvalue weighted by atomic mass is 10.2. The van der Waals surface area contributed by atoms with Gasteiger partial charge in [-0.05, 0) is 38.1 Å². The second-order valence-corrected chi connectivity index (χ2v) is 6.16. The Kier molecular flexibility index (Phi) is 3.82. The van der Waals surface area contributed by atoms with E-state index in [1.807, 2.05) is 0 Å². The molecule has 0 bridgehead atoms. The highest BCUT2D eigenvalue weighted by Crippen LogP contribution is 2.21. The van der Waals surface area contributed by atoms with Crippen LogP contribution in [0, 0.1) is 11.6 Å². The molecule has 0 amide bonds. The van der Waals surface area contributed by atoms with E-state index >= 15 is 0 Å². The van der Waals surface area contributed by atoms with E-state index in [0.29, 0.717) is 25.9 Å². The van der Waals surface area contributed by atoms with E-state index in [4.69, 9.17) is 0 Å². The molecule has 1 aliphatic heterocycles. The molecule has 0 aromatic heterocycles. The lowest BCUT2D eigenvalue weighted by Crippen LogP contribution is -2.38. The Morgan fingerprint density at radius 2 is 1.89 bits per heavy atom. The van der Waals surface area contributed by atoms with Crippen LogP contribution >= 0.6 is 0 Å². The Morgan fingerprint density at radius 1 is 1.22 bits per heavy atom. The fraction of sp³-hybridized carbons (Fsp3) is 0.455. The molecule has 1 saturated heterocycles. The van der Waals surface area contributed by atoms with E-state index < -0.39 is 26.9 Å². The zero-order chi connectivity index (χ0) is 13.2. The van der Waals surface area contributed by atoms with E-state index in [1.54, 1.807) is 0 Å². The van der Waals surface area contributed by atoms with Crippen LogP contribution in [0.3, 0.4) is 0 Å². The van der Waals surface area contributed by atoms with Gasteiger partial charge in [0.05, 0.1) is 10.9 Å². The summed E-state index contributed by atoms with van der Waals surface area (Å²) < 4.78 is 52.5. The highest BCUT2D eigenvalue weighted by molar-refractivity contribution is 7.93. The van der Waals surface area contributed by atoms with Crippen LogP contribution in [0.15, 0.2) is 18.2 Å². The molecule has 7 heteroatoms. The molecule has 0 saturated carbocycles. The number of anilines is 1. The van der Waals surface area contributed by atoms with Crippen molar-refractivity contribution in [1.29, 1.82) is 0 Å². The Labute approximate surface area is 104 Å². The standard InChI is InChI=1S/C11H14F2N2O2S/c12-9-2-1-3-10(11(9)13)15-18(16,17)8-4-6-14-7-5-8/h1-3,8,14-15H,4-7H2. The maximum Gasteiger partial charge on any atom is 0.235 e. The zero-order valence-corrected chi connectivity index (χ0v) is 10.4. The van der Waals surface area contributed by atoms with Crippen LogP contribution in [-0.2, 0) is 10.0 Å². The van der Waals surface area contributed by atoms with Gasteiger partial charge in [-0.3, -0.25) is 4.72 Å². The summed E-state index contributed by atoms with van der Waals surface area (Å²) in [4.78, 5) is 0. The molecular formula is C11H14F2N2O2S. The van der Waals surface area contributed by atoms with Crippen LogP contribution in [0.1, 0.15) is 12.8 Å². The van der Waals surface area contributed by atoms with Crippen LogP contribution in [0.5, 0.6) is 0 Å². The molecule has 2 N–H and O–H groups in total. The highest BCUT2D eigenvalue weighted by Gasteiger charge is 2.28. The number of piperidine rings is 1. The summed E-state index contributed by atoms with van der Waals surface area (Å²) in [5.74, 6) is -2.24. The van der Waals surface area contributed by atoms with Crippen LogP contribution in [-0.4, -0.2) is 26.8 Å². The average Bonchev–Trinajstić information content (AvgIpc) is 2.36. The molecule has 0 aliphatic carbocycles. The summed E-state index contributed by atoms with van der Waals surface area (Å²) in [6, 6.07) is 3.41. The first-order valence-electron chi connectivity index (χ1n) is 5.67. The molecule has 1 fully saturated rings. The molecule has 1 aromatic carbocycles. The van der Waals surface area contributed by atoms with Gasteiger partial charge >= 0.3 is 0 Å². The van der Waals surface area contributed by atoms with Crippen molar-refractivity contribution in [2.75, 3.05) is 17.8 Å². The summed E-state index contributed by atoms with van der Waals surface area (Å²) >= 11 is 0. The van der Waals surface area contributed by atoms with Gasteiger partial charge in [0.25, 0.3) is 0 Å². The lowest BCUT2D eigenvalue weighted by molar-refractivity contribution is 0.497. The van der Waals surface area contributed by atoms with Crippen molar-refractivity contribution in [3.05, 3.63) is 29.8 Å². The highest BCUT2D eigenvalue weighted by atomic mass is 32.2. The van der Waals surface area contributed by atoms with E-state index in [2.05, 4.69) is 10.0 Å². The smallest absolute Gasteiger partial charge is 0.235 e. The second kappa shape index (κ2) is 5.19. The average molecular weight is 276 g/mol. The number of hydrogen-bond acceptors (Lipinski definition) is 3. The monoisotopic (exact) mass is 276 g/mol. The summed E-state index contributed by atoms with van der Waals surface area (Å²) in [6.07, 6.45) is 0.929. The third-order valence-electron chi connectivity index (χ3n) is 2.93. The number of benzene rings is 1. The number of halogens is 2. The molecule has 100 valence electrons. The molecule has 4 nitrogen and oxygen atoms in total. The van der Waals surface area contributed by atoms with Gasteiger partial charge in [-0.2, -0.15) is 0 Å². The van der Waals surface area contributed by atoms with Gasteiger partial charge < -0.3 is 5.32 Å². The van der Waals surface area contributed by atoms with Crippen molar-refractivity contribution < 1.29 is 17.2 Å². The minimum Gasteiger partial charge on any atom is -0.317 e. The third kappa shape index (κ3) is 2.78. The molecule has 1 aliphatic rings. The van der Waals surface area contributed by atoms with Crippen molar-refractivity contribution in [1.82, 2.24) is 5.32 Å². The van der Waals surface area contributed by atoms with Gasteiger partial charge in [0.15, 0.2) is 11.6 Å². The van der Waals surface area contributed by atoms with Crippen molar-refractivity contribution >= 4 is 15.7 Å². The zero-order valence-electron chi connectivity index (χ0n) is 9.62. The predicted octanol–water partition coefficient (Wildman–Crippen LogP) is 1.46. The van der Waals surface area contributed by atoms with Crippen LogP contribution in [0.25, 0.3) is 0 Å². The Balaban J connectivity index is 2.19. The van der Waals surface area contributed by atoms with E-state index in [-0.39, 0.29) is 5.69 Å². The predicted molar refractivity (Wildman–Crippen MR) is 64.8 cm³/mol. The Hall–Kier alpha value is -1.21. The van der Waals surface area contributed by atoms with Gasteiger partial charge in [0, 0.05) is 0 Å². The number of sulfonamides is 1. The van der Waals surface area contributed by atoms with Crippen LogP contribution in [0.2, 0.25) is 0 Å². The largest absolute Gasteiger partial charge is 0.317 e. The topological polar surface area (TPSA) is 58.2 Å². The summed E-state index contributed by atoms with van der Waals surface area (Å²) in [7, 11) is -3.67. The van der Waals surface area contributed by atoms with E-state index in [9.17, 15) is 17.2 Å². The lowest BCUT2D eigenvalue weighted by Gasteiger charge is -2.23. The minimum absolute atomic E-state index is 0.339. The quantitative estimate of drug-likeness (QED) is 0.878. The molecule has 1 heterocycles. The molecule has 0 unspecified atom stereocenters. The maximum atomic E-state index is 13.4. The van der Waals surface area contributed by atoms with Gasteiger partial charge in [-0.1, -0.05) is 6.07 Å². The van der Waals surface area contributed by atoms with Crippen LogP contribution in [0.4, 0.5) is 14.5 Å². The molecule has 0 spiro atoms. The molecule has 0 radical (unpaired) electrons. The minimum atomic E-state index is -3.67.